The smallest absolute Gasteiger partial charge is 1.00 e. The second kappa shape index (κ2) is 19.6. The van der Waals surface area contributed by atoms with Crippen molar-refractivity contribution >= 4 is 26.4 Å². The van der Waals surface area contributed by atoms with Crippen LogP contribution in [0.1, 0.15) is 127 Å². The molecule has 0 nitrogen and oxygen atoms in total. The maximum Gasteiger partial charge on any atom is -1.00 e. The fourth-order valence-corrected chi connectivity index (χ4v) is 7.08. The van der Waals surface area contributed by atoms with E-state index in [4.69, 9.17) is 23.2 Å². The van der Waals surface area contributed by atoms with Crippen LogP contribution in [0.3, 0.4) is 0 Å². The van der Waals surface area contributed by atoms with Crippen LogP contribution < -0.4 is 24.8 Å². The minimum Gasteiger partial charge on any atom is -1.00 e. The molecule has 1 aliphatic carbocycles. The van der Waals surface area contributed by atoms with E-state index in [0.717, 1.165) is 27.6 Å². The SMILES string of the molecule is CC(C)(C)c1c[c-]c2c(c1)-c1cc(C(C)(C)C)ccc1C2.CCCCc1cc(C(C)(C)C)c[cH-]1.Clc1cccc([C](=[Zr+2])c2cccc(Cl)c2)c1.[Cl-].[Cl-]. The molecule has 0 saturated heterocycles. The van der Waals surface area contributed by atoms with Crippen LogP contribution in [0, 0.1) is 6.07 Å². The predicted molar refractivity (Wildman–Crippen MR) is 216 cm³/mol. The molecule has 0 saturated carbocycles. The van der Waals surface area contributed by atoms with Gasteiger partial charge in [-0.3, -0.25) is 0 Å². The third-order valence-electron chi connectivity index (χ3n) is 9.26. The van der Waals surface area contributed by atoms with Crippen molar-refractivity contribution in [2.24, 2.45) is 0 Å². The number of hydrogen-bond donors (Lipinski definition) is 0. The van der Waals surface area contributed by atoms with Gasteiger partial charge in [0.1, 0.15) is 0 Å². The van der Waals surface area contributed by atoms with Crippen molar-refractivity contribution in [1.29, 1.82) is 0 Å². The van der Waals surface area contributed by atoms with Gasteiger partial charge in [-0.15, -0.1) is 5.56 Å². The Balaban J connectivity index is 0.000000273. The zero-order valence-electron chi connectivity index (χ0n) is 32.6. The average molecular weight is 852 g/mol. The predicted octanol–water partition coefficient (Wildman–Crippen LogP) is 7.82. The van der Waals surface area contributed by atoms with Crippen molar-refractivity contribution in [2.75, 3.05) is 0 Å². The number of hydrogen-bond acceptors (Lipinski definition) is 0. The molecule has 0 radical (unpaired) electrons. The molecule has 0 spiro atoms. The Morgan fingerprint density at radius 1 is 0.692 bits per heavy atom. The molecule has 0 heterocycles. The topological polar surface area (TPSA) is 0 Å². The summed E-state index contributed by atoms with van der Waals surface area (Å²) in [5, 5.41) is 1.53. The molecule has 0 aromatic heterocycles. The maximum absolute atomic E-state index is 5.98. The standard InChI is InChI=1S/C21H25.C13H8Cl2.C13H21.2ClH.Zr/c1-20(2,3)16-9-7-14-11-15-8-10-17(21(4,5)6)13-19(15)18(14)12-16;14-12-5-1-3-10(8-12)7-11-4-2-6-13(15)9-11;1-5-6-7-11-8-9-12(10-11)13(2,3)4;;;/h7,9-10,12-13H,11H2,1-6H3;1-6,8-9H;8-10H,5-7H2,1-4H3;2*1H;/q-1;;-1;;;+2/p-2. The first-order valence-corrected chi connectivity index (χ1v) is 19.9. The Bertz CT molecular complexity index is 1800. The third-order valence-corrected chi connectivity index (χ3v) is 11.1. The van der Waals surface area contributed by atoms with Crippen LogP contribution in [0.5, 0.6) is 0 Å². The summed E-state index contributed by atoms with van der Waals surface area (Å²) in [6.07, 6.45) is 4.87. The van der Waals surface area contributed by atoms with Crippen LogP contribution in [-0.2, 0) is 53.3 Å². The first-order chi connectivity index (χ1) is 23.4. The molecule has 0 bridgehead atoms. The van der Waals surface area contributed by atoms with Crippen molar-refractivity contribution in [1.82, 2.24) is 0 Å². The molecule has 52 heavy (non-hydrogen) atoms. The quantitative estimate of drug-likeness (QED) is 0.156. The van der Waals surface area contributed by atoms with E-state index in [9.17, 15) is 0 Å². The van der Waals surface area contributed by atoms with Crippen molar-refractivity contribution in [2.45, 2.75) is 111 Å². The summed E-state index contributed by atoms with van der Waals surface area (Å²) in [5.41, 5.74) is 14.4. The van der Waals surface area contributed by atoms with Gasteiger partial charge in [0, 0.05) is 0 Å². The van der Waals surface area contributed by atoms with E-state index >= 15 is 0 Å². The van der Waals surface area contributed by atoms with Crippen LogP contribution in [0.15, 0.2) is 97.1 Å². The van der Waals surface area contributed by atoms with Crippen LogP contribution >= 0.6 is 23.2 Å². The molecule has 0 amide bonds. The summed E-state index contributed by atoms with van der Waals surface area (Å²) in [6, 6.07) is 37.7. The largest absolute Gasteiger partial charge is 1.00 e. The summed E-state index contributed by atoms with van der Waals surface area (Å²) >= 11 is 13.3. The van der Waals surface area contributed by atoms with E-state index in [1.807, 2.05) is 36.4 Å². The van der Waals surface area contributed by atoms with E-state index in [1.165, 1.54) is 91.2 Å². The van der Waals surface area contributed by atoms with Gasteiger partial charge in [0.25, 0.3) is 0 Å². The molecule has 6 rings (SSSR count). The summed E-state index contributed by atoms with van der Waals surface area (Å²) in [6.45, 7) is 22.7. The molecule has 5 aromatic carbocycles. The minimum atomic E-state index is 0. The Hall–Kier alpha value is -1.86. The van der Waals surface area contributed by atoms with Crippen LogP contribution in [-0.4, -0.2) is 3.21 Å². The van der Waals surface area contributed by atoms with Gasteiger partial charge in [0.15, 0.2) is 0 Å². The second-order valence-corrected chi connectivity index (χ2v) is 18.7. The van der Waals surface area contributed by atoms with E-state index in [2.05, 4.69) is 136 Å². The van der Waals surface area contributed by atoms with Crippen molar-refractivity contribution in [3.63, 3.8) is 0 Å². The molecule has 0 N–H and O–H groups in total. The molecular weight excluding hydrogens is 798 g/mol. The first-order valence-electron chi connectivity index (χ1n) is 17.9. The van der Waals surface area contributed by atoms with E-state index in [1.54, 1.807) is 0 Å². The molecule has 0 fully saturated rings. The van der Waals surface area contributed by atoms with Crippen molar-refractivity contribution < 1.29 is 49.0 Å². The van der Waals surface area contributed by atoms with Crippen LogP contribution in [0.25, 0.3) is 11.1 Å². The Labute approximate surface area is 352 Å². The second-order valence-electron chi connectivity index (χ2n) is 16.6. The Kier molecular flexibility index (Phi) is 17.5. The number of aryl methyl sites for hydroxylation is 1. The summed E-state index contributed by atoms with van der Waals surface area (Å²) in [5.74, 6) is 0. The molecular formula is C47H54Cl4Zr-2. The fraction of sp³-hybridized carbons (Fsp3) is 0.362. The van der Waals surface area contributed by atoms with Gasteiger partial charge in [-0.1, -0.05) is 129 Å². The zero-order valence-corrected chi connectivity index (χ0v) is 38.1. The maximum atomic E-state index is 5.98. The number of halogens is 4. The normalized spacial score (nSPS) is 11.8. The molecule has 5 heteroatoms. The van der Waals surface area contributed by atoms with Gasteiger partial charge in [0.05, 0.1) is 0 Å². The Morgan fingerprint density at radius 3 is 1.71 bits per heavy atom. The van der Waals surface area contributed by atoms with Gasteiger partial charge < -0.3 is 24.8 Å². The third kappa shape index (κ3) is 12.9. The van der Waals surface area contributed by atoms with E-state index in [-0.39, 0.29) is 35.6 Å². The monoisotopic (exact) mass is 848 g/mol. The molecule has 0 aliphatic heterocycles. The molecule has 276 valence electrons. The first kappa shape index (κ1) is 46.3. The van der Waals surface area contributed by atoms with Crippen molar-refractivity contribution in [3.05, 3.63) is 158 Å². The number of rotatable bonds is 5. The van der Waals surface area contributed by atoms with E-state index in [0.29, 0.717) is 5.41 Å². The molecule has 1 aliphatic rings. The molecule has 0 unspecified atom stereocenters. The molecule has 0 atom stereocenters. The van der Waals surface area contributed by atoms with Gasteiger partial charge in [-0.25, -0.2) is 6.07 Å². The minimum absolute atomic E-state index is 0. The van der Waals surface area contributed by atoms with Gasteiger partial charge >= 0.3 is 120 Å². The molecule has 5 aromatic rings. The summed E-state index contributed by atoms with van der Waals surface area (Å²) < 4.78 is 1.26. The number of unbranched alkanes of at least 4 members (excludes halogenated alkanes) is 1. The van der Waals surface area contributed by atoms with Gasteiger partial charge in [-0.05, 0) is 17.4 Å². The van der Waals surface area contributed by atoms with Crippen molar-refractivity contribution in [3.8, 4) is 11.1 Å². The Morgan fingerprint density at radius 2 is 1.23 bits per heavy atom. The number of benzene rings is 4. The van der Waals surface area contributed by atoms with E-state index < -0.39 is 0 Å². The number of fused-ring (bicyclic) bond motifs is 3. The van der Waals surface area contributed by atoms with Crippen LogP contribution in [0.4, 0.5) is 0 Å². The van der Waals surface area contributed by atoms with Gasteiger partial charge in [0.2, 0.25) is 0 Å². The van der Waals surface area contributed by atoms with Crippen LogP contribution in [0.2, 0.25) is 10.0 Å². The summed E-state index contributed by atoms with van der Waals surface area (Å²) in [4.78, 5) is 0. The average Bonchev–Trinajstić information content (AvgIpc) is 3.68. The fourth-order valence-electron chi connectivity index (χ4n) is 5.94. The zero-order chi connectivity index (χ0) is 36.9. The van der Waals surface area contributed by atoms with Gasteiger partial charge in [-0.2, -0.15) is 52.6 Å². The summed E-state index contributed by atoms with van der Waals surface area (Å²) in [7, 11) is 0.